The fourth-order valence-electron chi connectivity index (χ4n) is 1.79. The molecule has 21 heavy (non-hydrogen) atoms. The number of carbonyl (C=O) groups is 3. The maximum absolute atomic E-state index is 11.5. The number of carboxylic acids is 2. The Morgan fingerprint density at radius 3 is 2.43 bits per heavy atom. The molecule has 1 atom stereocenters. The molecule has 0 aliphatic heterocycles. The number of nitrogens with one attached hydrogen (secondary N) is 2. The summed E-state index contributed by atoms with van der Waals surface area (Å²) in [5.74, 6) is -2.67. The van der Waals surface area contributed by atoms with Crippen LogP contribution in [0.5, 0.6) is 0 Å². The van der Waals surface area contributed by atoms with E-state index in [0.29, 0.717) is 13.0 Å². The lowest BCUT2D eigenvalue weighted by atomic mass is 10.1. The SMILES string of the molecule is Cc1ccccc1CCNC(=O)N[C@H](CC(=O)O)C(=O)O. The second-order valence-corrected chi connectivity index (χ2v) is 4.57. The van der Waals surface area contributed by atoms with Crippen molar-refractivity contribution in [3.8, 4) is 0 Å². The summed E-state index contributed by atoms with van der Waals surface area (Å²) in [5, 5.41) is 22.0. The highest BCUT2D eigenvalue weighted by Gasteiger charge is 2.22. The van der Waals surface area contributed by atoms with Crippen molar-refractivity contribution in [2.45, 2.75) is 25.8 Å². The molecule has 4 N–H and O–H groups in total. The summed E-state index contributed by atoms with van der Waals surface area (Å²) in [7, 11) is 0. The average molecular weight is 294 g/mol. The minimum atomic E-state index is -1.44. The van der Waals surface area contributed by atoms with Gasteiger partial charge in [-0.3, -0.25) is 4.79 Å². The van der Waals surface area contributed by atoms with Gasteiger partial charge in [0.25, 0.3) is 0 Å². The van der Waals surface area contributed by atoms with E-state index in [4.69, 9.17) is 10.2 Å². The molecule has 0 radical (unpaired) electrons. The Hall–Kier alpha value is -2.57. The smallest absolute Gasteiger partial charge is 0.326 e. The van der Waals surface area contributed by atoms with Gasteiger partial charge < -0.3 is 20.8 Å². The third-order valence-corrected chi connectivity index (χ3v) is 2.92. The number of urea groups is 1. The molecular weight excluding hydrogens is 276 g/mol. The molecule has 0 fully saturated rings. The molecule has 7 nitrogen and oxygen atoms in total. The standard InChI is InChI=1S/C14H18N2O5/c1-9-4-2-3-5-10(9)6-7-15-14(21)16-11(13(19)20)8-12(17)18/h2-5,11H,6-8H2,1H3,(H,17,18)(H,19,20)(H2,15,16,21)/t11-/m1/s1. The zero-order valence-electron chi connectivity index (χ0n) is 11.6. The lowest BCUT2D eigenvalue weighted by molar-refractivity contribution is -0.145. The average Bonchev–Trinajstić information content (AvgIpc) is 2.39. The first-order valence-corrected chi connectivity index (χ1v) is 6.43. The van der Waals surface area contributed by atoms with Gasteiger partial charge in [-0.1, -0.05) is 24.3 Å². The van der Waals surface area contributed by atoms with Crippen molar-refractivity contribution in [3.05, 3.63) is 35.4 Å². The van der Waals surface area contributed by atoms with Gasteiger partial charge in [0.1, 0.15) is 6.04 Å². The molecule has 1 aromatic rings. The number of rotatable bonds is 7. The van der Waals surface area contributed by atoms with Gasteiger partial charge in [-0.25, -0.2) is 9.59 Å². The predicted molar refractivity (Wildman–Crippen MR) is 75.1 cm³/mol. The monoisotopic (exact) mass is 294 g/mol. The van der Waals surface area contributed by atoms with E-state index in [2.05, 4.69) is 10.6 Å². The maximum Gasteiger partial charge on any atom is 0.326 e. The van der Waals surface area contributed by atoms with E-state index in [-0.39, 0.29) is 0 Å². The molecular formula is C14H18N2O5. The number of hydrogen-bond donors (Lipinski definition) is 4. The minimum absolute atomic E-state index is 0.329. The van der Waals surface area contributed by atoms with Crippen LogP contribution in [0.2, 0.25) is 0 Å². The Balaban J connectivity index is 2.41. The number of aliphatic carboxylic acids is 2. The summed E-state index contributed by atoms with van der Waals surface area (Å²) >= 11 is 0. The van der Waals surface area contributed by atoms with E-state index < -0.39 is 30.4 Å². The molecule has 114 valence electrons. The van der Waals surface area contributed by atoms with Crippen LogP contribution >= 0.6 is 0 Å². The van der Waals surface area contributed by atoms with Gasteiger partial charge in [0.05, 0.1) is 6.42 Å². The quantitative estimate of drug-likeness (QED) is 0.592. The highest BCUT2D eigenvalue weighted by molar-refractivity contribution is 5.86. The van der Waals surface area contributed by atoms with Crippen molar-refractivity contribution in [3.63, 3.8) is 0 Å². The Morgan fingerprint density at radius 2 is 1.86 bits per heavy atom. The van der Waals surface area contributed by atoms with Crippen LogP contribution in [-0.4, -0.2) is 40.8 Å². The largest absolute Gasteiger partial charge is 0.481 e. The number of amides is 2. The summed E-state index contributed by atoms with van der Waals surface area (Å²) in [4.78, 5) is 32.8. The van der Waals surface area contributed by atoms with Crippen molar-refractivity contribution < 1.29 is 24.6 Å². The lowest BCUT2D eigenvalue weighted by Crippen LogP contribution is -2.47. The third-order valence-electron chi connectivity index (χ3n) is 2.92. The van der Waals surface area contributed by atoms with Gasteiger partial charge in [-0.15, -0.1) is 0 Å². The fourth-order valence-corrected chi connectivity index (χ4v) is 1.79. The van der Waals surface area contributed by atoms with Crippen LogP contribution in [0.4, 0.5) is 4.79 Å². The maximum atomic E-state index is 11.5. The summed E-state index contributed by atoms with van der Waals surface area (Å²) in [6.45, 7) is 2.29. The van der Waals surface area contributed by atoms with Gasteiger partial charge in [-0.2, -0.15) is 0 Å². The number of benzene rings is 1. The summed E-state index contributed by atoms with van der Waals surface area (Å²) < 4.78 is 0. The molecule has 7 heteroatoms. The van der Waals surface area contributed by atoms with Gasteiger partial charge in [-0.05, 0) is 24.5 Å². The molecule has 0 aliphatic rings. The molecule has 1 aromatic carbocycles. The molecule has 1 rings (SSSR count). The molecule has 0 saturated carbocycles. The predicted octanol–water partition coefficient (Wildman–Crippen LogP) is 0.765. The van der Waals surface area contributed by atoms with Crippen molar-refractivity contribution in [1.29, 1.82) is 0 Å². The normalized spacial score (nSPS) is 11.5. The fraction of sp³-hybridized carbons (Fsp3) is 0.357. The second-order valence-electron chi connectivity index (χ2n) is 4.57. The Labute approximate surface area is 122 Å². The number of aryl methyl sites for hydroxylation is 1. The van der Waals surface area contributed by atoms with E-state index in [1.807, 2.05) is 31.2 Å². The van der Waals surface area contributed by atoms with E-state index >= 15 is 0 Å². The van der Waals surface area contributed by atoms with Gasteiger partial charge in [0.15, 0.2) is 0 Å². The van der Waals surface area contributed by atoms with Crippen LogP contribution in [-0.2, 0) is 16.0 Å². The Morgan fingerprint density at radius 1 is 1.19 bits per heavy atom. The number of carbonyl (C=O) groups excluding carboxylic acids is 1. The van der Waals surface area contributed by atoms with Gasteiger partial charge in [0, 0.05) is 6.54 Å². The number of carboxylic acid groups (broad SMARTS) is 2. The first kappa shape index (κ1) is 16.5. The molecule has 0 aliphatic carbocycles. The van der Waals surface area contributed by atoms with Gasteiger partial charge in [0.2, 0.25) is 0 Å². The zero-order valence-corrected chi connectivity index (χ0v) is 11.6. The van der Waals surface area contributed by atoms with E-state index in [0.717, 1.165) is 11.1 Å². The van der Waals surface area contributed by atoms with Crippen molar-refractivity contribution in [2.24, 2.45) is 0 Å². The summed E-state index contributed by atoms with van der Waals surface area (Å²) in [5.41, 5.74) is 2.19. The van der Waals surface area contributed by atoms with Crippen LogP contribution in [0.15, 0.2) is 24.3 Å². The highest BCUT2D eigenvalue weighted by Crippen LogP contribution is 2.06. The zero-order chi connectivity index (χ0) is 15.8. The van der Waals surface area contributed by atoms with Crippen LogP contribution in [0.3, 0.4) is 0 Å². The molecule has 0 unspecified atom stereocenters. The van der Waals surface area contributed by atoms with Crippen molar-refractivity contribution >= 4 is 18.0 Å². The second kappa shape index (κ2) is 7.88. The first-order valence-electron chi connectivity index (χ1n) is 6.43. The summed E-state index contributed by atoms with van der Waals surface area (Å²) in [6, 6.07) is 5.58. The van der Waals surface area contributed by atoms with Crippen molar-refractivity contribution in [2.75, 3.05) is 6.54 Å². The van der Waals surface area contributed by atoms with Gasteiger partial charge >= 0.3 is 18.0 Å². The van der Waals surface area contributed by atoms with E-state index in [1.54, 1.807) is 0 Å². The Bertz CT molecular complexity index is 530. The molecule has 0 bridgehead atoms. The van der Waals surface area contributed by atoms with Crippen LogP contribution in [0.1, 0.15) is 17.5 Å². The molecule has 0 spiro atoms. The van der Waals surface area contributed by atoms with E-state index in [1.165, 1.54) is 0 Å². The molecule has 0 aromatic heterocycles. The third kappa shape index (κ3) is 5.94. The summed E-state index contributed by atoms with van der Waals surface area (Å²) in [6.07, 6.45) is -0.0582. The molecule has 0 heterocycles. The van der Waals surface area contributed by atoms with Crippen LogP contribution in [0.25, 0.3) is 0 Å². The van der Waals surface area contributed by atoms with Crippen LogP contribution in [0, 0.1) is 6.92 Å². The molecule has 2 amide bonds. The number of hydrogen-bond acceptors (Lipinski definition) is 3. The van der Waals surface area contributed by atoms with Crippen molar-refractivity contribution in [1.82, 2.24) is 10.6 Å². The highest BCUT2D eigenvalue weighted by atomic mass is 16.4. The topological polar surface area (TPSA) is 116 Å². The van der Waals surface area contributed by atoms with Crippen LogP contribution < -0.4 is 10.6 Å². The first-order chi connectivity index (χ1) is 9.90. The lowest BCUT2D eigenvalue weighted by Gasteiger charge is -2.13. The Kier molecular flexibility index (Phi) is 6.19. The molecule has 0 saturated heterocycles. The van der Waals surface area contributed by atoms with E-state index in [9.17, 15) is 14.4 Å². The minimum Gasteiger partial charge on any atom is -0.481 e.